The number of aromatic nitrogens is 4. The van der Waals surface area contributed by atoms with Gasteiger partial charge in [0.05, 0.1) is 6.20 Å². The molecule has 0 saturated carbocycles. The van der Waals surface area contributed by atoms with Crippen molar-refractivity contribution in [3.05, 3.63) is 18.9 Å². The Morgan fingerprint density at radius 2 is 2.20 bits per heavy atom. The van der Waals surface area contributed by atoms with Crippen LogP contribution in [0, 0.1) is 0 Å². The lowest BCUT2D eigenvalue weighted by Crippen LogP contribution is -1.98. The van der Waals surface area contributed by atoms with E-state index in [9.17, 15) is 0 Å². The summed E-state index contributed by atoms with van der Waals surface area (Å²) in [5.74, 6) is 7.69. The van der Waals surface area contributed by atoms with Gasteiger partial charge in [-0.05, 0) is 0 Å². The molecule has 1 N–H and O–H groups in total. The summed E-state index contributed by atoms with van der Waals surface area (Å²) in [4.78, 5) is 11.5. The van der Waals surface area contributed by atoms with Gasteiger partial charge in [-0.1, -0.05) is 0 Å². The monoisotopic (exact) mass is 134 g/mol. The zero-order valence-electron chi connectivity index (χ0n) is 5.02. The Morgan fingerprint density at radius 1 is 1.30 bits per heavy atom. The van der Waals surface area contributed by atoms with Gasteiger partial charge in [-0.25, -0.2) is 25.5 Å². The van der Waals surface area contributed by atoms with Crippen molar-refractivity contribution in [2.75, 3.05) is 0 Å². The summed E-state index contributed by atoms with van der Waals surface area (Å²) in [6, 6.07) is 0. The highest BCUT2D eigenvalue weighted by molar-refractivity contribution is 5.47. The first-order chi connectivity index (χ1) is 4.86. The summed E-state index contributed by atoms with van der Waals surface area (Å²) < 4.78 is 1.09. The van der Waals surface area contributed by atoms with Crippen LogP contribution in [0.1, 0.15) is 0 Å². The average molecular weight is 134 g/mol. The Hall–Kier alpha value is -1.65. The molecule has 2 aliphatic rings. The summed E-state index contributed by atoms with van der Waals surface area (Å²) in [5.41, 5.74) is 0.650. The smallest absolute Gasteiger partial charge is 0.182 e. The van der Waals surface area contributed by atoms with Crippen LogP contribution in [0.2, 0.25) is 0 Å². The lowest BCUT2D eigenvalue weighted by molar-refractivity contribution is 0.794. The van der Waals surface area contributed by atoms with Crippen LogP contribution < -0.4 is 5.84 Å². The van der Waals surface area contributed by atoms with Gasteiger partial charge in [-0.2, -0.15) is 0 Å². The lowest BCUT2D eigenvalue weighted by atomic mass is 10.4. The third-order valence-electron chi connectivity index (χ3n) is 1.17. The fraction of sp³-hybridized carbons (Fsp3) is 0. The Labute approximate surface area is 56.9 Å². The molecule has 0 aliphatic carbocycles. The SMILES string of the molecule is [NH]n1cnc2ncnc-2c1. The van der Waals surface area contributed by atoms with Crippen molar-refractivity contribution < 1.29 is 0 Å². The predicted molar refractivity (Wildman–Crippen MR) is 32.9 cm³/mol. The topological polar surface area (TPSA) is 67.4 Å². The molecule has 0 atom stereocenters. The van der Waals surface area contributed by atoms with E-state index in [-0.39, 0.29) is 0 Å². The van der Waals surface area contributed by atoms with E-state index in [2.05, 4.69) is 15.0 Å². The van der Waals surface area contributed by atoms with Crippen LogP contribution in [-0.4, -0.2) is 19.6 Å². The van der Waals surface area contributed by atoms with Crippen molar-refractivity contribution in [1.29, 1.82) is 0 Å². The molecule has 2 heterocycles. The Morgan fingerprint density at radius 3 is 3.10 bits per heavy atom. The van der Waals surface area contributed by atoms with E-state index in [1.807, 2.05) is 0 Å². The van der Waals surface area contributed by atoms with Crippen molar-refractivity contribution in [3.8, 4) is 11.5 Å². The number of imidazole rings is 1. The maximum absolute atomic E-state index is 7.10. The number of hydrogen-bond acceptors (Lipinski definition) is 3. The van der Waals surface area contributed by atoms with Gasteiger partial charge in [-0.15, -0.1) is 0 Å². The molecule has 0 aromatic heterocycles. The van der Waals surface area contributed by atoms with E-state index in [1.54, 1.807) is 6.20 Å². The molecule has 0 fully saturated rings. The van der Waals surface area contributed by atoms with Crippen LogP contribution in [0.5, 0.6) is 0 Å². The van der Waals surface area contributed by atoms with Crippen molar-refractivity contribution in [1.82, 2.24) is 25.5 Å². The van der Waals surface area contributed by atoms with Gasteiger partial charge in [0, 0.05) is 0 Å². The fourth-order valence-corrected chi connectivity index (χ4v) is 0.742. The van der Waals surface area contributed by atoms with Gasteiger partial charge in [0.2, 0.25) is 0 Å². The van der Waals surface area contributed by atoms with Crippen molar-refractivity contribution >= 4 is 0 Å². The second-order valence-electron chi connectivity index (χ2n) is 1.86. The van der Waals surface area contributed by atoms with Gasteiger partial charge in [0.15, 0.2) is 5.82 Å². The first kappa shape index (κ1) is 5.16. The Bertz CT molecular complexity index is 314. The molecular formula is C5H4N5. The maximum atomic E-state index is 7.10. The van der Waals surface area contributed by atoms with Crippen molar-refractivity contribution in [2.24, 2.45) is 0 Å². The minimum absolute atomic E-state index is 0.587. The van der Waals surface area contributed by atoms with Gasteiger partial charge in [0.1, 0.15) is 18.3 Å². The lowest BCUT2D eigenvalue weighted by Gasteiger charge is -1.95. The number of nitrogens with one attached hydrogen (secondary N) is 1. The Kier molecular flexibility index (Phi) is 0.858. The molecule has 0 spiro atoms. The molecule has 5 heteroatoms. The van der Waals surface area contributed by atoms with E-state index in [1.165, 1.54) is 12.7 Å². The molecule has 0 bridgehead atoms. The van der Waals surface area contributed by atoms with Crippen LogP contribution in [0.3, 0.4) is 0 Å². The minimum atomic E-state index is 0.587. The first-order valence-corrected chi connectivity index (χ1v) is 2.72. The summed E-state index contributed by atoms with van der Waals surface area (Å²) in [6.45, 7) is 0. The molecule has 2 aliphatic heterocycles. The van der Waals surface area contributed by atoms with Crippen LogP contribution in [-0.2, 0) is 0 Å². The molecule has 5 nitrogen and oxygen atoms in total. The highest BCUT2D eigenvalue weighted by Crippen LogP contribution is 2.09. The predicted octanol–water partition coefficient (Wildman–Crippen LogP) is -0.176. The highest BCUT2D eigenvalue weighted by atomic mass is 15.3. The van der Waals surface area contributed by atoms with Crippen molar-refractivity contribution in [2.45, 2.75) is 0 Å². The van der Waals surface area contributed by atoms with Gasteiger partial charge >= 0.3 is 0 Å². The number of hydrogen-bond donors (Lipinski definition) is 0. The summed E-state index contributed by atoms with van der Waals surface area (Å²) in [6.07, 6.45) is 4.35. The second kappa shape index (κ2) is 1.66. The first-order valence-electron chi connectivity index (χ1n) is 2.72. The van der Waals surface area contributed by atoms with Crippen LogP contribution in [0.25, 0.3) is 11.5 Å². The zero-order valence-corrected chi connectivity index (χ0v) is 5.02. The van der Waals surface area contributed by atoms with E-state index < -0.39 is 0 Å². The second-order valence-corrected chi connectivity index (χ2v) is 1.86. The summed E-state index contributed by atoms with van der Waals surface area (Å²) >= 11 is 0. The summed E-state index contributed by atoms with van der Waals surface area (Å²) in [7, 11) is 0. The summed E-state index contributed by atoms with van der Waals surface area (Å²) in [5, 5.41) is 0. The van der Waals surface area contributed by atoms with Gasteiger partial charge in [0.25, 0.3) is 0 Å². The highest BCUT2D eigenvalue weighted by Gasteiger charge is 2.04. The van der Waals surface area contributed by atoms with Crippen LogP contribution in [0.15, 0.2) is 18.9 Å². The molecule has 0 aromatic carbocycles. The molecule has 0 aromatic rings. The zero-order chi connectivity index (χ0) is 6.97. The van der Waals surface area contributed by atoms with Crippen LogP contribution in [0.4, 0.5) is 0 Å². The maximum Gasteiger partial charge on any atom is 0.182 e. The number of rotatable bonds is 0. The minimum Gasteiger partial charge on any atom is -0.235 e. The van der Waals surface area contributed by atoms with Crippen LogP contribution >= 0.6 is 0 Å². The van der Waals surface area contributed by atoms with Crippen molar-refractivity contribution in [3.63, 3.8) is 0 Å². The standard InChI is InChI=1S/C5H4N5/c6-10-1-4-5(9-3-10)8-2-7-4/h1-3,6H. The third-order valence-corrected chi connectivity index (χ3v) is 1.17. The number of nitrogens with zero attached hydrogens (tertiary/aromatic N) is 4. The molecule has 0 unspecified atom stereocenters. The molecular weight excluding hydrogens is 130 g/mol. The molecule has 10 heavy (non-hydrogen) atoms. The largest absolute Gasteiger partial charge is 0.235 e. The molecule has 0 saturated heterocycles. The Balaban J connectivity index is 2.75. The molecule has 49 valence electrons. The van der Waals surface area contributed by atoms with E-state index in [0.29, 0.717) is 11.5 Å². The third kappa shape index (κ3) is 0.604. The van der Waals surface area contributed by atoms with Gasteiger partial charge < -0.3 is 0 Å². The average Bonchev–Trinajstić information content (AvgIpc) is 2.33. The molecule has 0 amide bonds. The number of fused-ring (bicyclic) bond motifs is 1. The fourth-order valence-electron chi connectivity index (χ4n) is 0.742. The van der Waals surface area contributed by atoms with E-state index in [0.717, 1.165) is 4.68 Å². The van der Waals surface area contributed by atoms with E-state index >= 15 is 0 Å². The van der Waals surface area contributed by atoms with E-state index in [4.69, 9.17) is 5.84 Å². The quantitative estimate of drug-likeness (QED) is 0.502. The molecule has 1 radical (unpaired) electrons. The molecule has 2 rings (SSSR count). The van der Waals surface area contributed by atoms with Gasteiger partial charge in [-0.3, -0.25) is 0 Å². The normalized spacial score (nSPS) is 10.4.